The van der Waals surface area contributed by atoms with Crippen molar-refractivity contribution in [2.75, 3.05) is 11.9 Å². The molecule has 0 fully saturated rings. The van der Waals surface area contributed by atoms with Crippen molar-refractivity contribution >= 4 is 28.0 Å². The summed E-state index contributed by atoms with van der Waals surface area (Å²) in [5.41, 5.74) is 1.39. The first-order valence-electron chi connectivity index (χ1n) is 6.51. The smallest absolute Gasteiger partial charge is 0.112 e. The molecule has 19 heavy (non-hydrogen) atoms. The van der Waals surface area contributed by atoms with Gasteiger partial charge in [0.15, 0.2) is 0 Å². The van der Waals surface area contributed by atoms with Crippen molar-refractivity contribution in [3.05, 3.63) is 36.4 Å². The molecule has 0 amide bonds. The summed E-state index contributed by atoms with van der Waals surface area (Å²) in [6.45, 7) is 3.62. The van der Waals surface area contributed by atoms with Crippen LogP contribution in [0.5, 0.6) is 0 Å². The molecule has 0 aliphatic carbocycles. The number of hydrogen-bond donors (Lipinski definition) is 1. The lowest BCUT2D eigenvalue weighted by atomic mass is 10.0. The molecule has 3 nitrogen and oxygen atoms in total. The van der Waals surface area contributed by atoms with Crippen LogP contribution in [0.3, 0.4) is 0 Å². The number of aliphatic imine (C=N–C) groups is 1. The van der Waals surface area contributed by atoms with Gasteiger partial charge in [0.25, 0.3) is 0 Å². The molecule has 1 N–H and O–H groups in total. The number of amidine groups is 1. The molecule has 1 heterocycles. The maximum absolute atomic E-state index is 10.0. The van der Waals surface area contributed by atoms with Crippen LogP contribution >= 0.6 is 0 Å². The molecule has 2 aromatic rings. The van der Waals surface area contributed by atoms with E-state index in [0.717, 1.165) is 17.2 Å². The van der Waals surface area contributed by atoms with E-state index in [1.165, 1.54) is 10.8 Å². The number of rotatable bonds is 2. The van der Waals surface area contributed by atoms with Crippen LogP contribution in [-0.4, -0.2) is 23.6 Å². The molecule has 98 valence electrons. The first-order valence-corrected chi connectivity index (χ1v) is 6.51. The van der Waals surface area contributed by atoms with Crippen LogP contribution in [0.25, 0.3) is 10.8 Å². The van der Waals surface area contributed by atoms with E-state index in [1.807, 2.05) is 33.0 Å². The summed E-state index contributed by atoms with van der Waals surface area (Å²) >= 11 is 0. The Morgan fingerprint density at radius 3 is 2.53 bits per heavy atom. The quantitative estimate of drug-likeness (QED) is 0.890. The molecule has 3 heteroatoms. The van der Waals surface area contributed by atoms with Crippen LogP contribution in [0.1, 0.15) is 20.3 Å². The first kappa shape index (κ1) is 12.2. The number of nitrogens with zero attached hydrogens (tertiary/aromatic N) is 2. The summed E-state index contributed by atoms with van der Waals surface area (Å²) < 4.78 is 0. The van der Waals surface area contributed by atoms with Crippen LogP contribution < -0.4 is 4.90 Å². The fourth-order valence-electron chi connectivity index (χ4n) is 2.57. The normalized spacial score (nSPS) is 14.7. The third-order valence-corrected chi connectivity index (χ3v) is 3.45. The van der Waals surface area contributed by atoms with Crippen LogP contribution in [0, 0.1) is 0 Å². The van der Waals surface area contributed by atoms with Gasteiger partial charge in [-0.15, -0.1) is 0 Å². The summed E-state index contributed by atoms with van der Waals surface area (Å²) in [6.07, 6.45) is 0.536. The lowest BCUT2D eigenvalue weighted by Gasteiger charge is -2.30. The van der Waals surface area contributed by atoms with E-state index in [9.17, 15) is 5.11 Å². The molecular formula is C16H18N2O. The monoisotopic (exact) mass is 254 g/mol. The Morgan fingerprint density at radius 2 is 1.84 bits per heavy atom. The fraction of sp³-hybridized carbons (Fsp3) is 0.312. The van der Waals surface area contributed by atoms with Gasteiger partial charge in [-0.25, -0.2) is 4.99 Å². The van der Waals surface area contributed by atoms with Crippen molar-refractivity contribution in [2.45, 2.75) is 25.9 Å². The van der Waals surface area contributed by atoms with Crippen molar-refractivity contribution in [1.82, 2.24) is 0 Å². The minimum absolute atomic E-state index is 0.536. The number of hydrogen-bond acceptors (Lipinski definition) is 3. The summed E-state index contributed by atoms with van der Waals surface area (Å²) in [4.78, 5) is 6.79. The molecule has 2 aromatic carbocycles. The topological polar surface area (TPSA) is 35.8 Å². The standard InChI is InChI=1S/C16H18N2O/c1-16(2,19)10-14-17-12-8-4-6-11-7-5-9-13(15(11)12)18(14)3/h4-9,19H,10H2,1-3H3. The highest BCUT2D eigenvalue weighted by Crippen LogP contribution is 2.38. The highest BCUT2D eigenvalue weighted by atomic mass is 16.3. The average molecular weight is 254 g/mol. The SMILES string of the molecule is CN1C(CC(C)(C)O)=Nc2cccc3cccc1c23. The number of aliphatic hydroxyl groups is 1. The van der Waals surface area contributed by atoms with Crippen LogP contribution in [0.4, 0.5) is 11.4 Å². The Morgan fingerprint density at radius 1 is 1.16 bits per heavy atom. The second-order valence-corrected chi connectivity index (χ2v) is 5.73. The predicted molar refractivity (Wildman–Crippen MR) is 80.4 cm³/mol. The van der Waals surface area contributed by atoms with Gasteiger partial charge in [0.1, 0.15) is 5.84 Å². The largest absolute Gasteiger partial charge is 0.390 e. The molecule has 0 bridgehead atoms. The van der Waals surface area contributed by atoms with Gasteiger partial charge >= 0.3 is 0 Å². The minimum Gasteiger partial charge on any atom is -0.390 e. The van der Waals surface area contributed by atoms with E-state index in [2.05, 4.69) is 29.2 Å². The van der Waals surface area contributed by atoms with Gasteiger partial charge in [-0.3, -0.25) is 0 Å². The maximum atomic E-state index is 10.0. The predicted octanol–water partition coefficient (Wildman–Crippen LogP) is 3.48. The van der Waals surface area contributed by atoms with Crippen molar-refractivity contribution < 1.29 is 5.11 Å². The van der Waals surface area contributed by atoms with Gasteiger partial charge in [-0.1, -0.05) is 24.3 Å². The number of anilines is 1. The second kappa shape index (κ2) is 4.07. The third-order valence-electron chi connectivity index (χ3n) is 3.45. The van der Waals surface area contributed by atoms with Gasteiger partial charge in [-0.05, 0) is 31.4 Å². The molecule has 0 unspecified atom stereocenters. The summed E-state index contributed by atoms with van der Waals surface area (Å²) in [7, 11) is 2.01. The Bertz CT molecular complexity index is 663. The van der Waals surface area contributed by atoms with Crippen molar-refractivity contribution in [2.24, 2.45) is 4.99 Å². The zero-order valence-corrected chi connectivity index (χ0v) is 11.5. The molecule has 1 aliphatic heterocycles. The Balaban J connectivity index is 2.19. The molecule has 0 radical (unpaired) electrons. The van der Waals surface area contributed by atoms with E-state index in [0.29, 0.717) is 6.42 Å². The van der Waals surface area contributed by atoms with Gasteiger partial charge in [0.2, 0.25) is 0 Å². The molecule has 0 spiro atoms. The molecule has 1 aliphatic rings. The maximum Gasteiger partial charge on any atom is 0.112 e. The highest BCUT2D eigenvalue weighted by Gasteiger charge is 2.24. The summed E-state index contributed by atoms with van der Waals surface area (Å²) in [6, 6.07) is 12.4. The van der Waals surface area contributed by atoms with Crippen molar-refractivity contribution in [3.8, 4) is 0 Å². The van der Waals surface area contributed by atoms with E-state index in [4.69, 9.17) is 4.99 Å². The molecule has 0 aromatic heterocycles. The fourth-order valence-corrected chi connectivity index (χ4v) is 2.57. The number of benzene rings is 2. The van der Waals surface area contributed by atoms with E-state index < -0.39 is 5.60 Å². The second-order valence-electron chi connectivity index (χ2n) is 5.73. The highest BCUT2D eigenvalue weighted by molar-refractivity contribution is 6.14. The van der Waals surface area contributed by atoms with Crippen molar-refractivity contribution in [3.63, 3.8) is 0 Å². The minimum atomic E-state index is -0.757. The van der Waals surface area contributed by atoms with Crippen LogP contribution in [0.2, 0.25) is 0 Å². The zero-order valence-electron chi connectivity index (χ0n) is 11.5. The van der Waals surface area contributed by atoms with Crippen LogP contribution in [-0.2, 0) is 0 Å². The zero-order chi connectivity index (χ0) is 13.6. The van der Waals surface area contributed by atoms with Gasteiger partial charge in [0.05, 0.1) is 17.0 Å². The van der Waals surface area contributed by atoms with Gasteiger partial charge in [0, 0.05) is 18.9 Å². The van der Waals surface area contributed by atoms with E-state index >= 15 is 0 Å². The third kappa shape index (κ3) is 2.10. The first-order chi connectivity index (χ1) is 8.96. The molecule has 0 atom stereocenters. The van der Waals surface area contributed by atoms with Crippen molar-refractivity contribution in [1.29, 1.82) is 0 Å². The summed E-state index contributed by atoms with van der Waals surface area (Å²) in [5.74, 6) is 0.902. The Kier molecular flexibility index (Phi) is 2.61. The Labute approximate surface area is 113 Å². The van der Waals surface area contributed by atoms with Gasteiger partial charge < -0.3 is 10.0 Å². The molecule has 0 saturated carbocycles. The lowest BCUT2D eigenvalue weighted by molar-refractivity contribution is 0.0882. The van der Waals surface area contributed by atoms with E-state index in [-0.39, 0.29) is 0 Å². The average Bonchev–Trinajstić information content (AvgIpc) is 2.34. The molecule has 3 rings (SSSR count). The molecular weight excluding hydrogens is 236 g/mol. The summed E-state index contributed by atoms with van der Waals surface area (Å²) in [5, 5.41) is 12.4. The lowest BCUT2D eigenvalue weighted by Crippen LogP contribution is -2.35. The molecule has 0 saturated heterocycles. The van der Waals surface area contributed by atoms with E-state index in [1.54, 1.807) is 0 Å². The Hall–Kier alpha value is -1.87. The van der Waals surface area contributed by atoms with Crippen LogP contribution in [0.15, 0.2) is 41.4 Å². The van der Waals surface area contributed by atoms with Gasteiger partial charge in [-0.2, -0.15) is 0 Å².